The van der Waals surface area contributed by atoms with E-state index in [1.54, 1.807) is 24.3 Å². The van der Waals surface area contributed by atoms with Crippen molar-refractivity contribution in [3.8, 4) is 16.2 Å². The summed E-state index contributed by atoms with van der Waals surface area (Å²) in [6, 6.07) is 8.80. The molecule has 26 heavy (non-hydrogen) atoms. The molecule has 0 aliphatic carbocycles. The summed E-state index contributed by atoms with van der Waals surface area (Å²) in [7, 11) is 0. The molecule has 2 aromatic rings. The van der Waals surface area contributed by atoms with Crippen LogP contribution in [0.1, 0.15) is 28.9 Å². The highest BCUT2D eigenvalue weighted by atomic mass is 32.1. The molecule has 0 spiro atoms. The number of alkyl halides is 2. The van der Waals surface area contributed by atoms with Crippen molar-refractivity contribution in [1.82, 2.24) is 4.90 Å². The van der Waals surface area contributed by atoms with Crippen LogP contribution in [0.5, 0.6) is 5.75 Å². The van der Waals surface area contributed by atoms with Crippen LogP contribution in [0.15, 0.2) is 36.4 Å². The number of carbonyl (C=O) groups excluding carboxylic acids is 1. The highest BCUT2D eigenvalue weighted by Crippen LogP contribution is 2.31. The fourth-order valence-corrected chi connectivity index (χ4v) is 3.95. The lowest BCUT2D eigenvalue weighted by molar-refractivity contribution is -0.143. The first-order valence-electron chi connectivity index (χ1n) is 8.14. The summed E-state index contributed by atoms with van der Waals surface area (Å²) in [6.45, 7) is -2.44. The van der Waals surface area contributed by atoms with Gasteiger partial charge in [-0.15, -0.1) is 11.3 Å². The van der Waals surface area contributed by atoms with Crippen LogP contribution in [-0.2, 0) is 4.79 Å². The number of hydrogen-bond donors (Lipinski definition) is 1. The minimum Gasteiger partial charge on any atom is -0.480 e. The SMILES string of the molecule is O=C(O)[C@H]1CCCCN1C(=O)c1ccc(-c2ccc(OC(F)F)cc2)s1. The molecular formula is C18H17F2NO4S. The number of benzene rings is 1. The number of carbonyl (C=O) groups is 2. The Balaban J connectivity index is 1.76. The second kappa shape index (κ2) is 7.82. The summed E-state index contributed by atoms with van der Waals surface area (Å²) in [5.74, 6) is -1.20. The first kappa shape index (κ1) is 18.3. The van der Waals surface area contributed by atoms with Gasteiger partial charge in [0.1, 0.15) is 11.8 Å². The Kier molecular flexibility index (Phi) is 5.51. The number of amides is 1. The largest absolute Gasteiger partial charge is 0.480 e. The highest BCUT2D eigenvalue weighted by Gasteiger charge is 2.33. The molecule has 1 N–H and O–H groups in total. The number of piperidine rings is 1. The molecule has 1 aromatic heterocycles. The fourth-order valence-electron chi connectivity index (χ4n) is 2.98. The van der Waals surface area contributed by atoms with Crippen molar-refractivity contribution < 1.29 is 28.2 Å². The van der Waals surface area contributed by atoms with Gasteiger partial charge in [-0.1, -0.05) is 0 Å². The zero-order valence-corrected chi connectivity index (χ0v) is 14.5. The highest BCUT2D eigenvalue weighted by molar-refractivity contribution is 7.17. The molecule has 1 amide bonds. The van der Waals surface area contributed by atoms with Crippen molar-refractivity contribution in [1.29, 1.82) is 0 Å². The van der Waals surface area contributed by atoms with Crippen LogP contribution in [0.2, 0.25) is 0 Å². The quantitative estimate of drug-likeness (QED) is 0.847. The molecule has 2 heterocycles. The summed E-state index contributed by atoms with van der Waals surface area (Å²) >= 11 is 1.25. The molecule has 1 aromatic carbocycles. The molecule has 0 saturated carbocycles. The van der Waals surface area contributed by atoms with Gasteiger partial charge in [-0.2, -0.15) is 8.78 Å². The van der Waals surface area contributed by atoms with E-state index in [0.29, 0.717) is 17.8 Å². The van der Waals surface area contributed by atoms with E-state index in [9.17, 15) is 23.5 Å². The van der Waals surface area contributed by atoms with Gasteiger partial charge < -0.3 is 14.7 Å². The van der Waals surface area contributed by atoms with Gasteiger partial charge in [0.15, 0.2) is 0 Å². The number of carboxylic acid groups (broad SMARTS) is 1. The number of hydrogen-bond acceptors (Lipinski definition) is 4. The second-order valence-corrected chi connectivity index (χ2v) is 7.00. The van der Waals surface area contributed by atoms with Crippen LogP contribution in [-0.4, -0.2) is 41.1 Å². The number of aliphatic carboxylic acids is 1. The van der Waals surface area contributed by atoms with Crippen LogP contribution < -0.4 is 4.74 Å². The average Bonchev–Trinajstić information content (AvgIpc) is 3.11. The minimum atomic E-state index is -2.88. The molecule has 3 rings (SSSR count). The monoisotopic (exact) mass is 381 g/mol. The van der Waals surface area contributed by atoms with Crippen molar-refractivity contribution in [3.63, 3.8) is 0 Å². The third kappa shape index (κ3) is 4.01. The van der Waals surface area contributed by atoms with Gasteiger partial charge >= 0.3 is 12.6 Å². The maximum absolute atomic E-state index is 12.7. The molecular weight excluding hydrogens is 364 g/mol. The zero-order valence-electron chi connectivity index (χ0n) is 13.7. The predicted molar refractivity (Wildman–Crippen MR) is 92.7 cm³/mol. The number of carboxylic acids is 1. The molecule has 1 aliphatic rings. The number of rotatable bonds is 5. The first-order valence-corrected chi connectivity index (χ1v) is 8.96. The lowest BCUT2D eigenvalue weighted by Crippen LogP contribution is -2.47. The Labute approximate surface area is 152 Å². The molecule has 8 heteroatoms. The molecule has 1 atom stereocenters. The van der Waals surface area contributed by atoms with Crippen LogP contribution in [0.4, 0.5) is 8.78 Å². The van der Waals surface area contributed by atoms with E-state index in [-0.39, 0.29) is 11.7 Å². The Morgan fingerprint density at radius 1 is 1.15 bits per heavy atom. The zero-order chi connectivity index (χ0) is 18.7. The maximum Gasteiger partial charge on any atom is 0.387 e. The van der Waals surface area contributed by atoms with Gasteiger partial charge in [-0.3, -0.25) is 4.79 Å². The van der Waals surface area contributed by atoms with Gasteiger partial charge in [0.05, 0.1) is 4.88 Å². The van der Waals surface area contributed by atoms with Crippen LogP contribution in [0.3, 0.4) is 0 Å². The van der Waals surface area contributed by atoms with Gasteiger partial charge in [-0.25, -0.2) is 4.79 Å². The summed E-state index contributed by atoms with van der Waals surface area (Å²) in [6.07, 6.45) is 2.05. The van der Waals surface area contributed by atoms with E-state index in [2.05, 4.69) is 4.74 Å². The molecule has 0 bridgehead atoms. The minimum absolute atomic E-state index is 0.0641. The molecule has 5 nitrogen and oxygen atoms in total. The Morgan fingerprint density at radius 3 is 2.54 bits per heavy atom. The lowest BCUT2D eigenvalue weighted by atomic mass is 10.0. The summed E-state index contributed by atoms with van der Waals surface area (Å²) in [5.41, 5.74) is 0.768. The number of thiophene rings is 1. The van der Waals surface area contributed by atoms with Crippen molar-refractivity contribution in [2.45, 2.75) is 31.9 Å². The molecule has 138 valence electrons. The van der Waals surface area contributed by atoms with E-state index in [1.165, 1.54) is 28.4 Å². The van der Waals surface area contributed by atoms with Gasteiger partial charge in [0.25, 0.3) is 5.91 Å². The van der Waals surface area contributed by atoms with E-state index >= 15 is 0 Å². The van der Waals surface area contributed by atoms with E-state index < -0.39 is 18.6 Å². The summed E-state index contributed by atoms with van der Waals surface area (Å²) < 4.78 is 28.7. The molecule has 1 fully saturated rings. The van der Waals surface area contributed by atoms with Gasteiger partial charge in [0, 0.05) is 11.4 Å². The Hall–Kier alpha value is -2.48. The third-order valence-electron chi connectivity index (χ3n) is 4.23. The molecule has 0 radical (unpaired) electrons. The average molecular weight is 381 g/mol. The number of ether oxygens (including phenoxy) is 1. The second-order valence-electron chi connectivity index (χ2n) is 5.92. The molecule has 0 unspecified atom stereocenters. The van der Waals surface area contributed by atoms with Gasteiger partial charge in [-0.05, 0) is 61.2 Å². The van der Waals surface area contributed by atoms with Crippen LogP contribution >= 0.6 is 11.3 Å². The number of halogens is 2. The maximum atomic E-state index is 12.7. The Morgan fingerprint density at radius 2 is 1.88 bits per heavy atom. The summed E-state index contributed by atoms with van der Waals surface area (Å²) in [5, 5.41) is 9.32. The van der Waals surface area contributed by atoms with Crippen molar-refractivity contribution in [3.05, 3.63) is 41.3 Å². The van der Waals surface area contributed by atoms with Crippen LogP contribution in [0.25, 0.3) is 10.4 Å². The van der Waals surface area contributed by atoms with E-state index in [0.717, 1.165) is 23.3 Å². The third-order valence-corrected chi connectivity index (χ3v) is 5.35. The summed E-state index contributed by atoms with van der Waals surface area (Å²) in [4.78, 5) is 26.8. The van der Waals surface area contributed by atoms with Crippen molar-refractivity contribution in [2.24, 2.45) is 0 Å². The predicted octanol–water partition coefficient (Wildman–Crippen LogP) is 4.10. The van der Waals surface area contributed by atoms with E-state index in [1.807, 2.05) is 0 Å². The fraction of sp³-hybridized carbons (Fsp3) is 0.333. The van der Waals surface area contributed by atoms with Crippen molar-refractivity contribution in [2.75, 3.05) is 6.54 Å². The normalized spacial score (nSPS) is 17.3. The number of likely N-dealkylation sites (tertiary alicyclic amines) is 1. The number of nitrogens with zero attached hydrogens (tertiary/aromatic N) is 1. The lowest BCUT2D eigenvalue weighted by Gasteiger charge is -2.32. The Bertz CT molecular complexity index is 791. The van der Waals surface area contributed by atoms with Crippen molar-refractivity contribution >= 4 is 23.2 Å². The topological polar surface area (TPSA) is 66.8 Å². The standard InChI is InChI=1S/C18H17F2NO4S/c19-18(20)25-12-6-4-11(5-7-12)14-8-9-15(26-14)16(22)21-10-2-1-3-13(21)17(23)24/h4-9,13,18H,1-3,10H2,(H,23,24)/t13-/m1/s1. The van der Waals surface area contributed by atoms with Gasteiger partial charge in [0.2, 0.25) is 0 Å². The first-order chi connectivity index (χ1) is 12.5. The molecule has 1 aliphatic heterocycles. The van der Waals surface area contributed by atoms with E-state index in [4.69, 9.17) is 0 Å². The molecule has 1 saturated heterocycles. The van der Waals surface area contributed by atoms with Crippen LogP contribution in [0, 0.1) is 0 Å². The smallest absolute Gasteiger partial charge is 0.387 e.